The zero-order valence-electron chi connectivity index (χ0n) is 5.13. The molecule has 8 heavy (non-hydrogen) atoms. The Hall–Kier alpha value is -0.370. The lowest BCUT2D eigenvalue weighted by Crippen LogP contribution is -1.99. The van der Waals surface area contributed by atoms with Crippen LogP contribution in [0, 0.1) is 5.92 Å². The minimum absolute atomic E-state index is 0.188. The molecule has 1 atom stereocenters. The summed E-state index contributed by atoms with van der Waals surface area (Å²) < 4.78 is 0. The number of carbonyl (C=O) groups excluding carboxylic acids is 1. The maximum absolute atomic E-state index is 9.74. The van der Waals surface area contributed by atoms with Crippen molar-refractivity contribution in [1.29, 1.82) is 0 Å². The summed E-state index contributed by atoms with van der Waals surface area (Å²) in [5.41, 5.74) is 0. The summed E-state index contributed by atoms with van der Waals surface area (Å²) >= 11 is 0. The van der Waals surface area contributed by atoms with E-state index in [-0.39, 0.29) is 12.5 Å². The molecule has 0 aliphatic rings. The summed E-state index contributed by atoms with van der Waals surface area (Å²) in [7, 11) is 0. The van der Waals surface area contributed by atoms with E-state index in [2.05, 4.69) is 0 Å². The van der Waals surface area contributed by atoms with Crippen molar-refractivity contribution < 1.29 is 9.90 Å². The molecule has 0 spiro atoms. The van der Waals surface area contributed by atoms with Crippen molar-refractivity contribution in [3.63, 3.8) is 0 Å². The molecule has 0 rings (SSSR count). The summed E-state index contributed by atoms with van der Waals surface area (Å²) in [4.78, 5) is 9.74. The van der Waals surface area contributed by atoms with Gasteiger partial charge in [0.15, 0.2) is 0 Å². The van der Waals surface area contributed by atoms with Crippen molar-refractivity contribution in [2.45, 2.75) is 19.8 Å². The second-order valence-corrected chi connectivity index (χ2v) is 2.03. The lowest BCUT2D eigenvalue weighted by atomic mass is 10.1. The monoisotopic (exact) mass is 116 g/mol. The molecule has 0 fully saturated rings. The van der Waals surface area contributed by atoms with Gasteiger partial charge in [0.25, 0.3) is 0 Å². The first kappa shape index (κ1) is 7.63. The molecule has 0 heterocycles. The maximum Gasteiger partial charge on any atom is 0.120 e. The standard InChI is InChI=1S/C6H12O2/c1-6(5-8)3-2-4-7/h4,6,8H,2-3,5H2,1H3/t6-/m0/s1. The molecule has 0 aromatic heterocycles. The van der Waals surface area contributed by atoms with Crippen LogP contribution in [0.15, 0.2) is 0 Å². The van der Waals surface area contributed by atoms with Gasteiger partial charge in [-0.1, -0.05) is 6.92 Å². The highest BCUT2D eigenvalue weighted by molar-refractivity contribution is 5.49. The number of rotatable bonds is 4. The smallest absolute Gasteiger partial charge is 0.120 e. The molecule has 0 bridgehead atoms. The van der Waals surface area contributed by atoms with Crippen LogP contribution in [0.3, 0.4) is 0 Å². The first-order chi connectivity index (χ1) is 3.81. The largest absolute Gasteiger partial charge is 0.396 e. The van der Waals surface area contributed by atoms with Crippen LogP contribution >= 0.6 is 0 Å². The first-order valence-electron chi connectivity index (χ1n) is 2.85. The van der Waals surface area contributed by atoms with E-state index >= 15 is 0 Å². The number of carbonyl (C=O) groups is 1. The Balaban J connectivity index is 2.97. The Labute approximate surface area is 49.5 Å². The summed E-state index contributed by atoms with van der Waals surface area (Å²) in [6, 6.07) is 0. The fourth-order valence-corrected chi connectivity index (χ4v) is 0.444. The third-order valence-electron chi connectivity index (χ3n) is 1.09. The molecular formula is C6H12O2. The molecule has 0 saturated carbocycles. The third-order valence-corrected chi connectivity index (χ3v) is 1.09. The van der Waals surface area contributed by atoms with Crippen LogP contribution in [0.4, 0.5) is 0 Å². The Morgan fingerprint density at radius 1 is 1.75 bits per heavy atom. The molecule has 0 aromatic carbocycles. The van der Waals surface area contributed by atoms with Gasteiger partial charge in [0.2, 0.25) is 0 Å². The fourth-order valence-electron chi connectivity index (χ4n) is 0.444. The molecule has 0 amide bonds. The van der Waals surface area contributed by atoms with Crippen molar-refractivity contribution in [2.24, 2.45) is 5.92 Å². The van der Waals surface area contributed by atoms with Gasteiger partial charge in [-0.15, -0.1) is 0 Å². The molecule has 0 saturated heterocycles. The first-order valence-corrected chi connectivity index (χ1v) is 2.85. The van der Waals surface area contributed by atoms with Crippen LogP contribution in [0.2, 0.25) is 0 Å². The van der Waals surface area contributed by atoms with Crippen LogP contribution in [-0.2, 0) is 4.79 Å². The van der Waals surface area contributed by atoms with Crippen molar-refractivity contribution in [3.05, 3.63) is 0 Å². The number of aliphatic hydroxyl groups excluding tert-OH is 1. The summed E-state index contributed by atoms with van der Waals surface area (Å²) in [6.45, 7) is 2.11. The highest BCUT2D eigenvalue weighted by Gasteiger charge is 1.96. The van der Waals surface area contributed by atoms with Gasteiger partial charge < -0.3 is 9.90 Å². The SMILES string of the molecule is C[C@H](CO)CCC=O. The minimum atomic E-state index is 0.188. The Morgan fingerprint density at radius 2 is 2.38 bits per heavy atom. The third kappa shape index (κ3) is 3.81. The number of aldehydes is 1. The zero-order valence-corrected chi connectivity index (χ0v) is 5.13. The van der Waals surface area contributed by atoms with Crippen LogP contribution < -0.4 is 0 Å². The lowest BCUT2D eigenvalue weighted by Gasteiger charge is -2.01. The van der Waals surface area contributed by atoms with Crippen molar-refractivity contribution >= 4 is 6.29 Å². The van der Waals surface area contributed by atoms with E-state index in [1.807, 2.05) is 6.92 Å². The van der Waals surface area contributed by atoms with E-state index in [0.717, 1.165) is 12.7 Å². The highest BCUT2D eigenvalue weighted by atomic mass is 16.3. The van der Waals surface area contributed by atoms with Gasteiger partial charge in [-0.25, -0.2) is 0 Å². The van der Waals surface area contributed by atoms with Gasteiger partial charge in [0.05, 0.1) is 0 Å². The summed E-state index contributed by atoms with van der Waals surface area (Å²) in [5, 5.41) is 8.45. The van der Waals surface area contributed by atoms with Crippen LogP contribution in [-0.4, -0.2) is 18.0 Å². The van der Waals surface area contributed by atoms with E-state index in [4.69, 9.17) is 5.11 Å². The van der Waals surface area contributed by atoms with Crippen molar-refractivity contribution in [1.82, 2.24) is 0 Å². The molecule has 0 aliphatic carbocycles. The summed E-state index contributed by atoms with van der Waals surface area (Å²) in [5.74, 6) is 0.278. The van der Waals surface area contributed by atoms with E-state index in [9.17, 15) is 4.79 Å². The molecule has 48 valence electrons. The van der Waals surface area contributed by atoms with E-state index < -0.39 is 0 Å². The average molecular weight is 116 g/mol. The lowest BCUT2D eigenvalue weighted by molar-refractivity contribution is -0.108. The van der Waals surface area contributed by atoms with Crippen LogP contribution in [0.25, 0.3) is 0 Å². The zero-order chi connectivity index (χ0) is 6.41. The summed E-state index contributed by atoms with van der Waals surface area (Å²) in [6.07, 6.45) is 2.26. The molecule has 2 nitrogen and oxygen atoms in total. The number of aliphatic hydroxyl groups is 1. The Morgan fingerprint density at radius 3 is 2.75 bits per heavy atom. The molecule has 0 radical (unpaired) electrons. The fraction of sp³-hybridized carbons (Fsp3) is 0.833. The van der Waals surface area contributed by atoms with E-state index in [1.54, 1.807) is 0 Å². The normalized spacial score (nSPS) is 13.2. The number of hydrogen-bond acceptors (Lipinski definition) is 2. The predicted molar refractivity (Wildman–Crippen MR) is 31.5 cm³/mol. The molecule has 2 heteroatoms. The second-order valence-electron chi connectivity index (χ2n) is 2.03. The Bertz CT molecular complexity index is 61.5. The van der Waals surface area contributed by atoms with Gasteiger partial charge in [0.1, 0.15) is 6.29 Å². The van der Waals surface area contributed by atoms with Crippen molar-refractivity contribution in [3.8, 4) is 0 Å². The molecule has 0 unspecified atom stereocenters. The number of hydrogen-bond donors (Lipinski definition) is 1. The molecule has 1 N–H and O–H groups in total. The topological polar surface area (TPSA) is 37.3 Å². The molecule has 0 aromatic rings. The average Bonchev–Trinajstić information content (AvgIpc) is 1.83. The van der Waals surface area contributed by atoms with E-state index in [1.165, 1.54) is 0 Å². The minimum Gasteiger partial charge on any atom is -0.396 e. The van der Waals surface area contributed by atoms with Gasteiger partial charge in [0, 0.05) is 13.0 Å². The predicted octanol–water partition coefficient (Wildman–Crippen LogP) is 0.594. The highest BCUT2D eigenvalue weighted by Crippen LogP contribution is 2.00. The van der Waals surface area contributed by atoms with E-state index in [0.29, 0.717) is 6.42 Å². The second kappa shape index (κ2) is 4.78. The van der Waals surface area contributed by atoms with Gasteiger partial charge in [-0.05, 0) is 12.3 Å². The van der Waals surface area contributed by atoms with Gasteiger partial charge in [-0.3, -0.25) is 0 Å². The molecular weight excluding hydrogens is 104 g/mol. The van der Waals surface area contributed by atoms with Crippen LogP contribution in [0.5, 0.6) is 0 Å². The van der Waals surface area contributed by atoms with Crippen molar-refractivity contribution in [2.75, 3.05) is 6.61 Å². The quantitative estimate of drug-likeness (QED) is 0.546. The maximum atomic E-state index is 9.74. The Kier molecular flexibility index (Phi) is 4.56. The molecule has 0 aliphatic heterocycles. The van der Waals surface area contributed by atoms with Gasteiger partial charge >= 0.3 is 0 Å². The van der Waals surface area contributed by atoms with Gasteiger partial charge in [-0.2, -0.15) is 0 Å². The van der Waals surface area contributed by atoms with Crippen LogP contribution in [0.1, 0.15) is 19.8 Å².